The normalized spacial score (nSPS) is 15.7. The molecule has 23 heavy (non-hydrogen) atoms. The van der Waals surface area contributed by atoms with Crippen LogP contribution in [0.2, 0.25) is 0 Å². The van der Waals surface area contributed by atoms with Crippen LogP contribution in [0.15, 0.2) is 24.5 Å². The van der Waals surface area contributed by atoms with E-state index < -0.39 is 0 Å². The van der Waals surface area contributed by atoms with E-state index in [0.717, 1.165) is 18.4 Å². The van der Waals surface area contributed by atoms with Gasteiger partial charge in [0.1, 0.15) is 12.1 Å². The fourth-order valence-corrected chi connectivity index (χ4v) is 2.82. The molecule has 1 aromatic carbocycles. The minimum absolute atomic E-state index is 0.0652. The quantitative estimate of drug-likeness (QED) is 0.935. The third-order valence-corrected chi connectivity index (χ3v) is 4.08. The molecule has 1 N–H and O–H groups in total. The molecule has 2 aromatic rings. The summed E-state index contributed by atoms with van der Waals surface area (Å²) in [4.78, 5) is 18.0. The fourth-order valence-electron chi connectivity index (χ4n) is 2.82. The molecule has 0 radical (unpaired) electrons. The van der Waals surface area contributed by atoms with E-state index in [2.05, 4.69) is 15.4 Å². The maximum absolute atomic E-state index is 14.0. The number of carbonyl (C=O) groups excluding carboxylic acids is 1. The van der Waals surface area contributed by atoms with Crippen molar-refractivity contribution in [2.75, 3.05) is 18.0 Å². The highest BCUT2D eigenvalue weighted by molar-refractivity contribution is 5.90. The number of nitrogens with zero attached hydrogens (tertiary/aromatic N) is 4. The second-order valence-corrected chi connectivity index (χ2v) is 5.93. The number of rotatable bonds is 3. The molecule has 0 atom stereocenters. The van der Waals surface area contributed by atoms with Crippen molar-refractivity contribution >= 4 is 11.6 Å². The number of halogens is 1. The molecule has 0 bridgehead atoms. The maximum Gasteiger partial charge on any atom is 0.291 e. The summed E-state index contributed by atoms with van der Waals surface area (Å²) >= 11 is 0. The van der Waals surface area contributed by atoms with E-state index in [1.807, 2.05) is 17.9 Å². The molecular formula is C16H20FN5O. The van der Waals surface area contributed by atoms with Crippen molar-refractivity contribution in [3.05, 3.63) is 41.7 Å². The van der Waals surface area contributed by atoms with Crippen LogP contribution in [-0.2, 0) is 7.05 Å². The number of anilines is 1. The molecule has 2 heterocycles. The molecule has 1 saturated heterocycles. The molecule has 0 spiro atoms. The molecule has 122 valence electrons. The molecular weight excluding hydrogens is 297 g/mol. The van der Waals surface area contributed by atoms with Crippen LogP contribution in [0.25, 0.3) is 0 Å². The molecule has 1 fully saturated rings. The van der Waals surface area contributed by atoms with Crippen molar-refractivity contribution in [1.82, 2.24) is 20.1 Å². The zero-order valence-corrected chi connectivity index (χ0v) is 13.3. The second-order valence-electron chi connectivity index (χ2n) is 5.93. The number of hydrogen-bond donors (Lipinski definition) is 1. The van der Waals surface area contributed by atoms with Gasteiger partial charge in [-0.2, -0.15) is 0 Å². The molecule has 6 nitrogen and oxygen atoms in total. The van der Waals surface area contributed by atoms with E-state index >= 15 is 0 Å². The third kappa shape index (κ3) is 3.49. The van der Waals surface area contributed by atoms with E-state index in [4.69, 9.17) is 0 Å². The van der Waals surface area contributed by atoms with Gasteiger partial charge in [-0.25, -0.2) is 9.37 Å². The number of benzene rings is 1. The summed E-state index contributed by atoms with van der Waals surface area (Å²) in [6.45, 7) is 3.37. The Morgan fingerprint density at radius 2 is 2.09 bits per heavy atom. The lowest BCUT2D eigenvalue weighted by Crippen LogP contribution is -2.45. The van der Waals surface area contributed by atoms with Gasteiger partial charge in [-0.1, -0.05) is 6.07 Å². The zero-order valence-electron chi connectivity index (χ0n) is 13.3. The highest BCUT2D eigenvalue weighted by Crippen LogP contribution is 2.24. The van der Waals surface area contributed by atoms with Crippen LogP contribution < -0.4 is 10.2 Å². The predicted octanol–water partition coefficient (Wildman–Crippen LogP) is 1.66. The van der Waals surface area contributed by atoms with Gasteiger partial charge in [0.15, 0.2) is 0 Å². The Hall–Kier alpha value is -2.44. The number of nitrogens with one attached hydrogen (secondary N) is 1. The van der Waals surface area contributed by atoms with E-state index in [1.165, 1.54) is 17.1 Å². The predicted molar refractivity (Wildman–Crippen MR) is 84.8 cm³/mol. The summed E-state index contributed by atoms with van der Waals surface area (Å²) in [5, 5.41) is 6.94. The SMILES string of the molecule is Cc1ccc(F)c(N2CCC(NC(=O)c3ncn(C)n3)CC2)c1. The van der Waals surface area contributed by atoms with Crippen LogP contribution in [0.4, 0.5) is 10.1 Å². The van der Waals surface area contributed by atoms with Crippen LogP contribution in [0.3, 0.4) is 0 Å². The molecule has 1 amide bonds. The average molecular weight is 317 g/mol. The lowest BCUT2D eigenvalue weighted by Gasteiger charge is -2.34. The van der Waals surface area contributed by atoms with Crippen LogP contribution in [0.1, 0.15) is 29.0 Å². The molecule has 0 aliphatic carbocycles. The van der Waals surface area contributed by atoms with Gasteiger partial charge in [0.05, 0.1) is 5.69 Å². The molecule has 1 aliphatic rings. The number of aromatic nitrogens is 3. The van der Waals surface area contributed by atoms with Gasteiger partial charge < -0.3 is 10.2 Å². The number of amides is 1. The van der Waals surface area contributed by atoms with Gasteiger partial charge >= 0.3 is 0 Å². The first-order chi connectivity index (χ1) is 11.0. The summed E-state index contributed by atoms with van der Waals surface area (Å²) in [6, 6.07) is 5.21. The Morgan fingerprint density at radius 1 is 1.35 bits per heavy atom. The number of carbonyl (C=O) groups is 1. The maximum atomic E-state index is 14.0. The van der Waals surface area contributed by atoms with Gasteiger partial charge in [-0.3, -0.25) is 9.48 Å². The van der Waals surface area contributed by atoms with Crippen molar-refractivity contribution in [3.63, 3.8) is 0 Å². The Labute approximate surface area is 134 Å². The van der Waals surface area contributed by atoms with Crippen LogP contribution >= 0.6 is 0 Å². The number of aryl methyl sites for hydroxylation is 2. The Morgan fingerprint density at radius 3 is 2.74 bits per heavy atom. The van der Waals surface area contributed by atoms with Crippen molar-refractivity contribution in [2.24, 2.45) is 7.05 Å². The van der Waals surface area contributed by atoms with Gasteiger partial charge in [0.25, 0.3) is 5.91 Å². The largest absolute Gasteiger partial charge is 0.369 e. The van der Waals surface area contributed by atoms with Gasteiger partial charge in [0, 0.05) is 26.2 Å². The monoisotopic (exact) mass is 317 g/mol. The lowest BCUT2D eigenvalue weighted by molar-refractivity contribution is 0.0920. The number of hydrogen-bond acceptors (Lipinski definition) is 4. The summed E-state index contributed by atoms with van der Waals surface area (Å²) < 4.78 is 15.5. The fraction of sp³-hybridized carbons (Fsp3) is 0.438. The standard InChI is InChI=1S/C16H20FN5O/c1-11-3-4-13(17)14(9-11)22-7-5-12(6-8-22)19-16(23)15-18-10-21(2)20-15/h3-4,9-10,12H,5-8H2,1-2H3,(H,19,23). The van der Waals surface area contributed by atoms with Crippen molar-refractivity contribution < 1.29 is 9.18 Å². The Bertz CT molecular complexity index is 706. The first-order valence-electron chi connectivity index (χ1n) is 7.70. The smallest absolute Gasteiger partial charge is 0.291 e. The Kier molecular flexibility index (Phi) is 4.27. The van der Waals surface area contributed by atoms with E-state index in [0.29, 0.717) is 18.8 Å². The molecule has 7 heteroatoms. The van der Waals surface area contributed by atoms with Crippen molar-refractivity contribution in [1.29, 1.82) is 0 Å². The van der Waals surface area contributed by atoms with Gasteiger partial charge in [-0.15, -0.1) is 5.10 Å². The van der Waals surface area contributed by atoms with E-state index in [1.54, 1.807) is 13.1 Å². The highest BCUT2D eigenvalue weighted by atomic mass is 19.1. The van der Waals surface area contributed by atoms with Crippen LogP contribution in [0.5, 0.6) is 0 Å². The molecule has 1 aromatic heterocycles. The molecule has 1 aliphatic heterocycles. The Balaban J connectivity index is 1.58. The zero-order chi connectivity index (χ0) is 16.4. The van der Waals surface area contributed by atoms with E-state index in [9.17, 15) is 9.18 Å². The van der Waals surface area contributed by atoms with Crippen molar-refractivity contribution in [2.45, 2.75) is 25.8 Å². The summed E-state index contributed by atoms with van der Waals surface area (Å²) in [5.41, 5.74) is 1.68. The topological polar surface area (TPSA) is 63.1 Å². The van der Waals surface area contributed by atoms with Crippen LogP contribution in [0, 0.1) is 12.7 Å². The minimum atomic E-state index is -0.259. The summed E-state index contributed by atoms with van der Waals surface area (Å²) in [5.74, 6) is -0.277. The minimum Gasteiger partial charge on any atom is -0.369 e. The highest BCUT2D eigenvalue weighted by Gasteiger charge is 2.24. The summed E-state index contributed by atoms with van der Waals surface area (Å²) in [7, 11) is 1.72. The first-order valence-corrected chi connectivity index (χ1v) is 7.70. The summed E-state index contributed by atoms with van der Waals surface area (Å²) in [6.07, 6.45) is 3.04. The van der Waals surface area contributed by atoms with Gasteiger partial charge in [-0.05, 0) is 37.5 Å². The third-order valence-electron chi connectivity index (χ3n) is 4.08. The van der Waals surface area contributed by atoms with Gasteiger partial charge in [0.2, 0.25) is 5.82 Å². The molecule has 0 unspecified atom stereocenters. The number of piperidine rings is 1. The molecule has 3 rings (SSSR count). The lowest BCUT2D eigenvalue weighted by atomic mass is 10.0. The van der Waals surface area contributed by atoms with Crippen LogP contribution in [-0.4, -0.2) is 39.8 Å². The molecule has 0 saturated carbocycles. The second kappa shape index (κ2) is 6.36. The van der Waals surface area contributed by atoms with E-state index in [-0.39, 0.29) is 23.6 Å². The first kappa shape index (κ1) is 15.5. The van der Waals surface area contributed by atoms with Crippen molar-refractivity contribution in [3.8, 4) is 0 Å². The average Bonchev–Trinajstić information content (AvgIpc) is 2.97.